The molecule has 0 saturated carbocycles. The van der Waals surface area contributed by atoms with Crippen molar-refractivity contribution in [3.05, 3.63) is 41.8 Å². The molecule has 1 N–H and O–H groups in total. The van der Waals surface area contributed by atoms with E-state index in [9.17, 15) is 27.2 Å². The van der Waals surface area contributed by atoms with Crippen LogP contribution in [0.15, 0.2) is 30.5 Å². The molecule has 1 aliphatic heterocycles. The molecule has 1 saturated heterocycles. The van der Waals surface area contributed by atoms with Crippen molar-refractivity contribution in [2.24, 2.45) is 0 Å². The molecule has 31 heavy (non-hydrogen) atoms. The number of aromatic nitrogens is 1. The van der Waals surface area contributed by atoms with Crippen LogP contribution in [-0.2, 0) is 15.8 Å². The third kappa shape index (κ3) is 5.04. The van der Waals surface area contributed by atoms with Gasteiger partial charge < -0.3 is 19.7 Å². The molecule has 2 aromatic rings. The van der Waals surface area contributed by atoms with Crippen LogP contribution in [-0.4, -0.2) is 41.4 Å². The SMILES string of the molecule is COc1ccc(Oc2ncc(C(F)(F)F)cc2F)cc1NC(=O)[C@@H]1CCCN1C(C)=O. The lowest BCUT2D eigenvalue weighted by molar-refractivity contribution is -0.138. The first-order valence-corrected chi connectivity index (χ1v) is 9.27. The summed E-state index contributed by atoms with van der Waals surface area (Å²) in [6.07, 6.45) is -3.08. The van der Waals surface area contributed by atoms with E-state index in [1.54, 1.807) is 0 Å². The number of ether oxygens (including phenoxy) is 2. The number of likely N-dealkylation sites (tertiary alicyclic amines) is 1. The van der Waals surface area contributed by atoms with Crippen LogP contribution in [0.3, 0.4) is 0 Å². The van der Waals surface area contributed by atoms with Crippen molar-refractivity contribution >= 4 is 17.5 Å². The fourth-order valence-corrected chi connectivity index (χ4v) is 3.25. The molecular formula is C20H19F4N3O4. The van der Waals surface area contributed by atoms with E-state index >= 15 is 0 Å². The number of halogens is 4. The Morgan fingerprint density at radius 3 is 2.61 bits per heavy atom. The van der Waals surface area contributed by atoms with Crippen molar-refractivity contribution in [3.8, 4) is 17.4 Å². The molecule has 2 amide bonds. The summed E-state index contributed by atoms with van der Waals surface area (Å²) >= 11 is 0. The highest BCUT2D eigenvalue weighted by atomic mass is 19.4. The number of anilines is 1. The second-order valence-corrected chi connectivity index (χ2v) is 6.83. The van der Waals surface area contributed by atoms with Crippen molar-refractivity contribution in [2.75, 3.05) is 19.0 Å². The van der Waals surface area contributed by atoms with Crippen molar-refractivity contribution in [1.82, 2.24) is 9.88 Å². The van der Waals surface area contributed by atoms with Gasteiger partial charge in [-0.1, -0.05) is 0 Å². The molecule has 7 nitrogen and oxygen atoms in total. The van der Waals surface area contributed by atoms with Gasteiger partial charge in [0.25, 0.3) is 5.88 Å². The Kier molecular flexibility index (Phi) is 6.32. The lowest BCUT2D eigenvalue weighted by Gasteiger charge is -2.23. The van der Waals surface area contributed by atoms with Crippen molar-refractivity contribution in [1.29, 1.82) is 0 Å². The molecule has 1 aromatic heterocycles. The monoisotopic (exact) mass is 441 g/mol. The van der Waals surface area contributed by atoms with Crippen LogP contribution in [0.4, 0.5) is 23.2 Å². The minimum Gasteiger partial charge on any atom is -0.495 e. The minimum absolute atomic E-state index is 0.0112. The van der Waals surface area contributed by atoms with Gasteiger partial charge in [0.1, 0.15) is 17.5 Å². The third-order valence-corrected chi connectivity index (χ3v) is 4.74. The standard InChI is InChI=1S/C20H19F4N3O4/c1-11(28)27-7-3-4-16(27)18(29)26-15-9-13(5-6-17(15)30-2)31-19-14(21)8-12(10-25-19)20(22,23)24/h5-6,8-10,16H,3-4,7H2,1-2H3,(H,26,29)/t16-/m0/s1. The fraction of sp³-hybridized carbons (Fsp3) is 0.350. The molecule has 0 aliphatic carbocycles. The molecule has 1 aromatic carbocycles. The maximum absolute atomic E-state index is 14.0. The van der Waals surface area contributed by atoms with E-state index in [4.69, 9.17) is 9.47 Å². The number of carbonyl (C=O) groups excluding carboxylic acids is 2. The second kappa shape index (κ2) is 8.78. The molecule has 0 spiro atoms. The van der Waals surface area contributed by atoms with Gasteiger partial charge in [-0.2, -0.15) is 13.2 Å². The summed E-state index contributed by atoms with van der Waals surface area (Å²) in [4.78, 5) is 29.2. The van der Waals surface area contributed by atoms with E-state index in [-0.39, 0.29) is 29.2 Å². The average Bonchev–Trinajstić information content (AvgIpc) is 3.19. The van der Waals surface area contributed by atoms with Crippen molar-refractivity contribution < 1.29 is 36.6 Å². The van der Waals surface area contributed by atoms with E-state index in [0.717, 1.165) is 0 Å². The molecule has 0 radical (unpaired) electrons. The van der Waals surface area contributed by atoms with E-state index < -0.39 is 35.4 Å². The highest BCUT2D eigenvalue weighted by Crippen LogP contribution is 2.34. The smallest absolute Gasteiger partial charge is 0.417 e. The van der Waals surface area contributed by atoms with Crippen LogP contribution in [0.1, 0.15) is 25.3 Å². The van der Waals surface area contributed by atoms with E-state index in [1.165, 1.54) is 37.1 Å². The van der Waals surface area contributed by atoms with Gasteiger partial charge in [0.15, 0.2) is 5.82 Å². The van der Waals surface area contributed by atoms with Gasteiger partial charge in [-0.3, -0.25) is 9.59 Å². The number of alkyl halides is 3. The van der Waals surface area contributed by atoms with Crippen LogP contribution in [0.5, 0.6) is 17.4 Å². The number of benzene rings is 1. The quantitative estimate of drug-likeness (QED) is 0.710. The summed E-state index contributed by atoms with van der Waals surface area (Å²) in [6.45, 7) is 1.86. The third-order valence-electron chi connectivity index (χ3n) is 4.74. The number of carbonyl (C=O) groups is 2. The molecule has 11 heteroatoms. The number of amides is 2. The number of pyridine rings is 1. The predicted octanol–water partition coefficient (Wildman–Crippen LogP) is 3.99. The molecule has 1 fully saturated rings. The summed E-state index contributed by atoms with van der Waals surface area (Å²) in [5.41, 5.74) is -1.06. The average molecular weight is 441 g/mol. The van der Waals surface area contributed by atoms with E-state index in [0.29, 0.717) is 25.6 Å². The number of hydrogen-bond donors (Lipinski definition) is 1. The van der Waals surface area contributed by atoms with Crippen LogP contribution >= 0.6 is 0 Å². The maximum Gasteiger partial charge on any atom is 0.417 e. The topological polar surface area (TPSA) is 80.8 Å². The molecule has 3 rings (SSSR count). The van der Waals surface area contributed by atoms with Gasteiger partial charge in [0.05, 0.1) is 18.4 Å². The molecule has 0 bridgehead atoms. The molecule has 166 valence electrons. The summed E-state index contributed by atoms with van der Waals surface area (Å²) in [6, 6.07) is 3.78. The molecule has 2 heterocycles. The number of rotatable bonds is 5. The van der Waals surface area contributed by atoms with Gasteiger partial charge >= 0.3 is 6.18 Å². The Hall–Kier alpha value is -3.37. The predicted molar refractivity (Wildman–Crippen MR) is 101 cm³/mol. The first-order chi connectivity index (χ1) is 14.6. The van der Waals surface area contributed by atoms with Crippen LogP contribution in [0.2, 0.25) is 0 Å². The Bertz CT molecular complexity index is 997. The van der Waals surface area contributed by atoms with E-state index in [2.05, 4.69) is 10.3 Å². The highest BCUT2D eigenvalue weighted by molar-refractivity contribution is 5.98. The highest BCUT2D eigenvalue weighted by Gasteiger charge is 2.33. The first kappa shape index (κ1) is 22.3. The Balaban J connectivity index is 1.81. The summed E-state index contributed by atoms with van der Waals surface area (Å²) < 4.78 is 62.5. The van der Waals surface area contributed by atoms with Gasteiger partial charge in [0.2, 0.25) is 11.8 Å². The number of nitrogens with one attached hydrogen (secondary N) is 1. The van der Waals surface area contributed by atoms with Crippen molar-refractivity contribution in [3.63, 3.8) is 0 Å². The molecule has 1 aliphatic rings. The molecular weight excluding hydrogens is 422 g/mol. The molecule has 1 atom stereocenters. The zero-order chi connectivity index (χ0) is 22.8. The normalized spacial score (nSPS) is 16.2. The minimum atomic E-state index is -4.74. The van der Waals surface area contributed by atoms with Gasteiger partial charge in [0, 0.05) is 25.7 Å². The Morgan fingerprint density at radius 2 is 2.00 bits per heavy atom. The van der Waals surface area contributed by atoms with Crippen molar-refractivity contribution in [2.45, 2.75) is 32.0 Å². The van der Waals surface area contributed by atoms with Crippen LogP contribution < -0.4 is 14.8 Å². The number of methoxy groups -OCH3 is 1. The lowest BCUT2D eigenvalue weighted by Crippen LogP contribution is -2.42. The second-order valence-electron chi connectivity index (χ2n) is 6.83. The first-order valence-electron chi connectivity index (χ1n) is 9.27. The summed E-state index contributed by atoms with van der Waals surface area (Å²) in [5.74, 6) is -2.31. The molecule has 0 unspecified atom stereocenters. The van der Waals surface area contributed by atoms with Crippen LogP contribution in [0.25, 0.3) is 0 Å². The summed E-state index contributed by atoms with van der Waals surface area (Å²) in [7, 11) is 1.38. The lowest BCUT2D eigenvalue weighted by atomic mass is 10.2. The maximum atomic E-state index is 14.0. The number of hydrogen-bond acceptors (Lipinski definition) is 5. The van der Waals surface area contributed by atoms with Gasteiger partial charge in [-0.15, -0.1) is 0 Å². The van der Waals surface area contributed by atoms with E-state index in [1.807, 2.05) is 0 Å². The fourth-order valence-electron chi connectivity index (χ4n) is 3.25. The number of nitrogens with zero attached hydrogens (tertiary/aromatic N) is 2. The Morgan fingerprint density at radius 1 is 1.26 bits per heavy atom. The Labute approximate surface area is 175 Å². The largest absolute Gasteiger partial charge is 0.495 e. The summed E-state index contributed by atoms with van der Waals surface area (Å²) in [5, 5.41) is 2.66. The van der Waals surface area contributed by atoms with Gasteiger partial charge in [-0.05, 0) is 31.0 Å². The zero-order valence-electron chi connectivity index (χ0n) is 16.6. The van der Waals surface area contributed by atoms with Crippen LogP contribution in [0, 0.1) is 5.82 Å². The zero-order valence-corrected chi connectivity index (χ0v) is 16.6. The van der Waals surface area contributed by atoms with Gasteiger partial charge in [-0.25, -0.2) is 9.37 Å².